The Balaban J connectivity index is 1.97. The minimum Gasteiger partial charge on any atom is -0.508 e. The molecule has 3 heteroatoms. The Morgan fingerprint density at radius 1 is 1.21 bits per heavy atom. The van der Waals surface area contributed by atoms with Crippen LogP contribution in [0.15, 0.2) is 48.5 Å². The predicted octanol–water partition coefficient (Wildman–Crippen LogP) is 3.11. The summed E-state index contributed by atoms with van der Waals surface area (Å²) in [5.74, 6) is 0.283. The minimum absolute atomic E-state index is 0.190. The average Bonchev–Trinajstić information content (AvgIpc) is 2.45. The first kappa shape index (κ1) is 13.1. The van der Waals surface area contributed by atoms with E-state index in [-0.39, 0.29) is 11.8 Å². The largest absolute Gasteiger partial charge is 0.508 e. The second kappa shape index (κ2) is 6.03. The fourth-order valence-electron chi connectivity index (χ4n) is 1.90. The summed E-state index contributed by atoms with van der Waals surface area (Å²) >= 11 is 0. The summed E-state index contributed by atoms with van der Waals surface area (Å²) in [6, 6.07) is 17.1. The highest BCUT2D eigenvalue weighted by atomic mass is 16.3. The molecule has 2 N–H and O–H groups in total. The van der Waals surface area contributed by atoms with Gasteiger partial charge in [-0.15, -0.1) is 0 Å². The fourth-order valence-corrected chi connectivity index (χ4v) is 1.90. The number of benzene rings is 2. The summed E-state index contributed by atoms with van der Waals surface area (Å²) in [5.41, 5.74) is 2.85. The first-order valence-electron chi connectivity index (χ1n) is 6.20. The van der Waals surface area contributed by atoms with E-state index in [9.17, 15) is 5.11 Å². The van der Waals surface area contributed by atoms with Crippen molar-refractivity contribution in [3.8, 4) is 11.8 Å². The molecule has 0 saturated carbocycles. The van der Waals surface area contributed by atoms with E-state index in [2.05, 4.69) is 18.3 Å². The summed E-state index contributed by atoms with van der Waals surface area (Å²) < 4.78 is 0. The van der Waals surface area contributed by atoms with Crippen LogP contribution in [0.2, 0.25) is 0 Å². The molecule has 0 aliphatic rings. The number of phenolic OH excluding ortho intramolecular Hbond substituents is 1. The minimum atomic E-state index is 0.190. The molecule has 0 heterocycles. The van der Waals surface area contributed by atoms with E-state index in [4.69, 9.17) is 5.26 Å². The van der Waals surface area contributed by atoms with Gasteiger partial charge in [-0.25, -0.2) is 0 Å². The van der Waals surface area contributed by atoms with Crippen LogP contribution >= 0.6 is 0 Å². The molecule has 0 aliphatic carbocycles. The second-order valence-electron chi connectivity index (χ2n) is 4.51. The van der Waals surface area contributed by atoms with Crippen LogP contribution in [0.5, 0.6) is 5.75 Å². The van der Waals surface area contributed by atoms with Crippen LogP contribution in [0.3, 0.4) is 0 Å². The highest BCUT2D eigenvalue weighted by Crippen LogP contribution is 2.15. The standard InChI is InChI=1S/C16H16N2O/c1-12(15-7-5-13(10-17)6-8-15)18-11-14-3-2-4-16(19)9-14/h2-9,12,18-19H,11H2,1H3. The van der Waals surface area contributed by atoms with E-state index in [0.29, 0.717) is 12.1 Å². The third kappa shape index (κ3) is 3.57. The van der Waals surface area contributed by atoms with E-state index >= 15 is 0 Å². The summed E-state index contributed by atoms with van der Waals surface area (Å²) in [6.07, 6.45) is 0. The van der Waals surface area contributed by atoms with Crippen molar-refractivity contribution < 1.29 is 5.11 Å². The van der Waals surface area contributed by atoms with Gasteiger partial charge in [-0.3, -0.25) is 0 Å². The highest BCUT2D eigenvalue weighted by molar-refractivity contribution is 5.33. The molecule has 0 saturated heterocycles. The van der Waals surface area contributed by atoms with Crippen molar-refractivity contribution in [2.24, 2.45) is 0 Å². The third-order valence-electron chi connectivity index (χ3n) is 3.06. The van der Waals surface area contributed by atoms with Gasteiger partial charge in [0.2, 0.25) is 0 Å². The van der Waals surface area contributed by atoms with Gasteiger partial charge in [0, 0.05) is 12.6 Å². The molecule has 0 radical (unpaired) electrons. The van der Waals surface area contributed by atoms with E-state index < -0.39 is 0 Å². The summed E-state index contributed by atoms with van der Waals surface area (Å²) in [5, 5.41) is 21.5. The molecule has 3 nitrogen and oxygen atoms in total. The Bertz CT molecular complexity index is 584. The zero-order chi connectivity index (χ0) is 13.7. The molecular formula is C16H16N2O. The monoisotopic (exact) mass is 252 g/mol. The zero-order valence-electron chi connectivity index (χ0n) is 10.8. The van der Waals surface area contributed by atoms with Gasteiger partial charge in [-0.05, 0) is 42.3 Å². The first-order chi connectivity index (χ1) is 9.19. The van der Waals surface area contributed by atoms with Crippen LogP contribution in [0.1, 0.15) is 29.7 Å². The van der Waals surface area contributed by atoms with Crippen LogP contribution in [0, 0.1) is 11.3 Å². The van der Waals surface area contributed by atoms with Crippen molar-refractivity contribution in [3.05, 3.63) is 65.2 Å². The van der Waals surface area contributed by atoms with Crippen molar-refractivity contribution in [1.82, 2.24) is 5.32 Å². The molecule has 2 aromatic rings. The lowest BCUT2D eigenvalue weighted by Gasteiger charge is -2.14. The maximum absolute atomic E-state index is 9.39. The zero-order valence-corrected chi connectivity index (χ0v) is 10.8. The normalized spacial score (nSPS) is 11.8. The molecule has 0 spiro atoms. The molecule has 1 atom stereocenters. The Morgan fingerprint density at radius 2 is 1.95 bits per heavy atom. The Hall–Kier alpha value is -2.31. The number of hydrogen-bond donors (Lipinski definition) is 2. The summed E-state index contributed by atoms with van der Waals surface area (Å²) in [4.78, 5) is 0. The van der Waals surface area contributed by atoms with Gasteiger partial charge in [0.25, 0.3) is 0 Å². The maximum atomic E-state index is 9.39. The van der Waals surface area contributed by atoms with Gasteiger partial charge < -0.3 is 10.4 Å². The summed E-state index contributed by atoms with van der Waals surface area (Å²) in [7, 11) is 0. The molecule has 0 aromatic heterocycles. The number of rotatable bonds is 4. The maximum Gasteiger partial charge on any atom is 0.115 e. The molecule has 2 rings (SSSR count). The van der Waals surface area contributed by atoms with Crippen LogP contribution in [0.4, 0.5) is 0 Å². The lowest BCUT2D eigenvalue weighted by Crippen LogP contribution is -2.17. The molecule has 19 heavy (non-hydrogen) atoms. The number of nitrogens with one attached hydrogen (secondary N) is 1. The summed E-state index contributed by atoms with van der Waals surface area (Å²) in [6.45, 7) is 2.76. The van der Waals surface area contributed by atoms with E-state index in [1.807, 2.05) is 36.4 Å². The Kier molecular flexibility index (Phi) is 4.17. The van der Waals surface area contributed by atoms with Crippen molar-refractivity contribution >= 4 is 0 Å². The number of aromatic hydroxyl groups is 1. The SMILES string of the molecule is CC(NCc1cccc(O)c1)c1ccc(C#N)cc1. The van der Waals surface area contributed by atoms with Gasteiger partial charge in [-0.1, -0.05) is 24.3 Å². The van der Waals surface area contributed by atoms with Crippen LogP contribution in [0.25, 0.3) is 0 Å². The number of nitriles is 1. The molecule has 0 bridgehead atoms. The molecule has 0 amide bonds. The molecular weight excluding hydrogens is 236 g/mol. The molecule has 1 unspecified atom stereocenters. The third-order valence-corrected chi connectivity index (χ3v) is 3.06. The van der Waals surface area contributed by atoms with E-state index in [0.717, 1.165) is 11.1 Å². The smallest absolute Gasteiger partial charge is 0.115 e. The molecule has 0 aliphatic heterocycles. The van der Waals surface area contributed by atoms with Gasteiger partial charge >= 0.3 is 0 Å². The van der Waals surface area contributed by atoms with Gasteiger partial charge in [0.15, 0.2) is 0 Å². The van der Waals surface area contributed by atoms with Crippen LogP contribution in [-0.4, -0.2) is 5.11 Å². The molecule has 0 fully saturated rings. The number of hydrogen-bond acceptors (Lipinski definition) is 3. The van der Waals surface area contributed by atoms with Gasteiger partial charge in [0.1, 0.15) is 5.75 Å². The lowest BCUT2D eigenvalue weighted by atomic mass is 10.1. The highest BCUT2D eigenvalue weighted by Gasteiger charge is 2.05. The van der Waals surface area contributed by atoms with Crippen molar-refractivity contribution in [3.63, 3.8) is 0 Å². The van der Waals surface area contributed by atoms with Crippen molar-refractivity contribution in [1.29, 1.82) is 5.26 Å². The second-order valence-corrected chi connectivity index (χ2v) is 4.51. The molecule has 2 aromatic carbocycles. The Morgan fingerprint density at radius 3 is 2.58 bits per heavy atom. The predicted molar refractivity (Wildman–Crippen MR) is 74.5 cm³/mol. The Labute approximate surface area is 113 Å². The van der Waals surface area contributed by atoms with Crippen molar-refractivity contribution in [2.75, 3.05) is 0 Å². The van der Waals surface area contributed by atoms with Crippen LogP contribution < -0.4 is 5.32 Å². The quantitative estimate of drug-likeness (QED) is 0.879. The number of nitrogens with zero attached hydrogens (tertiary/aromatic N) is 1. The topological polar surface area (TPSA) is 56.0 Å². The van der Waals surface area contributed by atoms with Crippen molar-refractivity contribution in [2.45, 2.75) is 19.5 Å². The first-order valence-corrected chi connectivity index (χ1v) is 6.20. The van der Waals surface area contributed by atoms with Gasteiger partial charge in [0.05, 0.1) is 11.6 Å². The van der Waals surface area contributed by atoms with Gasteiger partial charge in [-0.2, -0.15) is 5.26 Å². The van der Waals surface area contributed by atoms with E-state index in [1.54, 1.807) is 12.1 Å². The van der Waals surface area contributed by atoms with E-state index in [1.165, 1.54) is 0 Å². The number of phenols is 1. The molecule has 96 valence electrons. The fraction of sp³-hybridized carbons (Fsp3) is 0.188. The lowest BCUT2D eigenvalue weighted by molar-refractivity contribution is 0.473. The average molecular weight is 252 g/mol. The van der Waals surface area contributed by atoms with Crippen LogP contribution in [-0.2, 0) is 6.54 Å².